The molecule has 0 saturated heterocycles. The average molecular weight is 171 g/mol. The van der Waals surface area contributed by atoms with Crippen molar-refractivity contribution in [3.05, 3.63) is 30.1 Å². The van der Waals surface area contributed by atoms with Crippen LogP contribution in [0.3, 0.4) is 0 Å². The number of hydrogen-bond acceptors (Lipinski definition) is 2. The Morgan fingerprint density at radius 1 is 1.55 bits per heavy atom. The summed E-state index contributed by atoms with van der Waals surface area (Å²) >= 11 is 0. The lowest BCUT2D eigenvalue weighted by atomic mass is 10.2. The van der Waals surface area contributed by atoms with Crippen molar-refractivity contribution in [1.82, 2.24) is 4.98 Å². The molecule has 1 aliphatic rings. The van der Waals surface area contributed by atoms with Crippen LogP contribution in [0.2, 0.25) is 0 Å². The Kier molecular flexibility index (Phi) is 2.47. The standard InChI is InChI=1S/C8H10N2.ClH/c9-8-4-7(8)6-2-1-3-10-5-6;/h1-3,5,7-8H,4,9H2;1H/t7-,8+;/m0./s1. The lowest BCUT2D eigenvalue weighted by molar-refractivity contribution is 0.981. The summed E-state index contributed by atoms with van der Waals surface area (Å²) < 4.78 is 0. The number of rotatable bonds is 1. The predicted octanol–water partition coefficient (Wildman–Crippen LogP) is 1.32. The smallest absolute Gasteiger partial charge is 0.0303 e. The Labute approximate surface area is 72.2 Å². The van der Waals surface area contributed by atoms with Crippen LogP contribution in [0.5, 0.6) is 0 Å². The fourth-order valence-corrected chi connectivity index (χ4v) is 1.19. The van der Waals surface area contributed by atoms with E-state index < -0.39 is 0 Å². The molecule has 0 amide bonds. The Morgan fingerprint density at radius 2 is 2.27 bits per heavy atom. The van der Waals surface area contributed by atoms with Crippen LogP contribution in [0.1, 0.15) is 17.9 Å². The van der Waals surface area contributed by atoms with Gasteiger partial charge in [-0.05, 0) is 18.1 Å². The van der Waals surface area contributed by atoms with E-state index in [-0.39, 0.29) is 12.4 Å². The monoisotopic (exact) mass is 170 g/mol. The molecular formula is C8H11ClN2. The van der Waals surface area contributed by atoms with Crippen molar-refractivity contribution in [2.75, 3.05) is 0 Å². The highest BCUT2D eigenvalue weighted by atomic mass is 35.5. The maximum atomic E-state index is 5.67. The molecule has 60 valence electrons. The SMILES string of the molecule is Cl.N[C@@H]1C[C@H]1c1cccnc1. The third kappa shape index (κ3) is 1.70. The molecule has 0 unspecified atom stereocenters. The molecular weight excluding hydrogens is 160 g/mol. The summed E-state index contributed by atoms with van der Waals surface area (Å²) in [5.41, 5.74) is 6.96. The number of pyridine rings is 1. The van der Waals surface area contributed by atoms with E-state index in [0.717, 1.165) is 6.42 Å². The van der Waals surface area contributed by atoms with Gasteiger partial charge in [-0.25, -0.2) is 0 Å². The van der Waals surface area contributed by atoms with Gasteiger partial charge in [0, 0.05) is 24.4 Å². The number of aromatic nitrogens is 1. The molecule has 2 nitrogen and oxygen atoms in total. The molecule has 1 aromatic heterocycles. The van der Waals surface area contributed by atoms with Crippen LogP contribution in [0, 0.1) is 0 Å². The fourth-order valence-electron chi connectivity index (χ4n) is 1.19. The van der Waals surface area contributed by atoms with Crippen molar-refractivity contribution in [1.29, 1.82) is 0 Å². The van der Waals surface area contributed by atoms with E-state index in [4.69, 9.17) is 5.73 Å². The topological polar surface area (TPSA) is 38.9 Å². The summed E-state index contributed by atoms with van der Waals surface area (Å²) in [6.07, 6.45) is 4.82. The van der Waals surface area contributed by atoms with Crippen molar-refractivity contribution in [3.8, 4) is 0 Å². The van der Waals surface area contributed by atoms with Gasteiger partial charge in [0.25, 0.3) is 0 Å². The molecule has 1 heterocycles. The highest BCUT2D eigenvalue weighted by Crippen LogP contribution is 2.38. The van der Waals surface area contributed by atoms with Gasteiger partial charge in [0.05, 0.1) is 0 Å². The average Bonchev–Trinajstić information content (AvgIpc) is 2.69. The number of hydrogen-bond donors (Lipinski definition) is 1. The highest BCUT2D eigenvalue weighted by Gasteiger charge is 2.34. The molecule has 1 saturated carbocycles. The second-order valence-electron chi connectivity index (χ2n) is 2.79. The summed E-state index contributed by atoms with van der Waals surface area (Å²) in [6.45, 7) is 0. The molecule has 0 bridgehead atoms. The molecule has 2 atom stereocenters. The molecule has 2 N–H and O–H groups in total. The number of halogens is 1. The first kappa shape index (κ1) is 8.50. The van der Waals surface area contributed by atoms with E-state index in [1.54, 1.807) is 6.20 Å². The molecule has 2 rings (SSSR count). The third-order valence-corrected chi connectivity index (χ3v) is 1.95. The van der Waals surface area contributed by atoms with Crippen LogP contribution in [-0.4, -0.2) is 11.0 Å². The highest BCUT2D eigenvalue weighted by molar-refractivity contribution is 5.85. The van der Waals surface area contributed by atoms with Crippen molar-refractivity contribution in [3.63, 3.8) is 0 Å². The maximum absolute atomic E-state index is 5.67. The van der Waals surface area contributed by atoms with E-state index in [1.165, 1.54) is 5.56 Å². The Bertz CT molecular complexity index is 225. The minimum Gasteiger partial charge on any atom is -0.327 e. The van der Waals surface area contributed by atoms with E-state index in [2.05, 4.69) is 11.1 Å². The molecule has 1 aromatic rings. The Hall–Kier alpha value is -0.600. The fraction of sp³-hybridized carbons (Fsp3) is 0.375. The molecule has 1 aliphatic carbocycles. The third-order valence-electron chi connectivity index (χ3n) is 1.95. The first-order valence-electron chi connectivity index (χ1n) is 3.53. The summed E-state index contributed by atoms with van der Waals surface area (Å²) in [7, 11) is 0. The first-order chi connectivity index (χ1) is 4.88. The van der Waals surface area contributed by atoms with E-state index in [9.17, 15) is 0 Å². The quantitative estimate of drug-likeness (QED) is 0.691. The summed E-state index contributed by atoms with van der Waals surface area (Å²) in [5, 5.41) is 0. The first-order valence-corrected chi connectivity index (χ1v) is 3.53. The lowest BCUT2D eigenvalue weighted by Gasteiger charge is -1.93. The predicted molar refractivity (Wildman–Crippen MR) is 46.8 cm³/mol. The van der Waals surface area contributed by atoms with Gasteiger partial charge in [-0.2, -0.15) is 0 Å². The van der Waals surface area contributed by atoms with Crippen LogP contribution >= 0.6 is 12.4 Å². The molecule has 0 spiro atoms. The largest absolute Gasteiger partial charge is 0.327 e. The van der Waals surface area contributed by atoms with Crippen LogP contribution in [0.25, 0.3) is 0 Å². The number of nitrogens with two attached hydrogens (primary N) is 1. The van der Waals surface area contributed by atoms with Crippen LogP contribution in [0.15, 0.2) is 24.5 Å². The summed E-state index contributed by atoms with van der Waals surface area (Å²) in [6, 6.07) is 4.44. The minimum absolute atomic E-state index is 0. The van der Waals surface area contributed by atoms with Gasteiger partial charge < -0.3 is 5.73 Å². The molecule has 0 radical (unpaired) electrons. The molecule has 3 heteroatoms. The van der Waals surface area contributed by atoms with E-state index in [0.29, 0.717) is 12.0 Å². The van der Waals surface area contributed by atoms with E-state index >= 15 is 0 Å². The zero-order chi connectivity index (χ0) is 6.97. The van der Waals surface area contributed by atoms with Crippen LogP contribution in [-0.2, 0) is 0 Å². The maximum Gasteiger partial charge on any atom is 0.0303 e. The normalized spacial score (nSPS) is 27.4. The van der Waals surface area contributed by atoms with Crippen molar-refractivity contribution in [2.45, 2.75) is 18.4 Å². The second-order valence-corrected chi connectivity index (χ2v) is 2.79. The number of nitrogens with zero attached hydrogens (tertiary/aromatic N) is 1. The van der Waals surface area contributed by atoms with Gasteiger partial charge in [0.1, 0.15) is 0 Å². The zero-order valence-corrected chi connectivity index (χ0v) is 6.92. The molecule has 1 fully saturated rings. The minimum atomic E-state index is 0. The Balaban J connectivity index is 0.000000605. The molecule has 0 aromatic carbocycles. The second kappa shape index (κ2) is 3.20. The van der Waals surface area contributed by atoms with Gasteiger partial charge >= 0.3 is 0 Å². The van der Waals surface area contributed by atoms with Crippen molar-refractivity contribution >= 4 is 12.4 Å². The van der Waals surface area contributed by atoms with Crippen LogP contribution in [0.4, 0.5) is 0 Å². The zero-order valence-electron chi connectivity index (χ0n) is 6.10. The summed E-state index contributed by atoms with van der Waals surface area (Å²) in [4.78, 5) is 4.02. The van der Waals surface area contributed by atoms with Crippen molar-refractivity contribution in [2.24, 2.45) is 5.73 Å². The van der Waals surface area contributed by atoms with E-state index in [1.807, 2.05) is 12.3 Å². The van der Waals surface area contributed by atoms with Gasteiger partial charge in [0.2, 0.25) is 0 Å². The van der Waals surface area contributed by atoms with Gasteiger partial charge in [-0.3, -0.25) is 4.98 Å². The molecule has 11 heavy (non-hydrogen) atoms. The molecule has 0 aliphatic heterocycles. The lowest BCUT2D eigenvalue weighted by Crippen LogP contribution is -2.00. The van der Waals surface area contributed by atoms with Crippen LogP contribution < -0.4 is 5.73 Å². The Morgan fingerprint density at radius 3 is 2.73 bits per heavy atom. The van der Waals surface area contributed by atoms with Crippen molar-refractivity contribution < 1.29 is 0 Å². The van der Waals surface area contributed by atoms with Gasteiger partial charge in [-0.15, -0.1) is 12.4 Å². The summed E-state index contributed by atoms with van der Waals surface area (Å²) in [5.74, 6) is 0.591. The van der Waals surface area contributed by atoms with Gasteiger partial charge in [0.15, 0.2) is 0 Å². The van der Waals surface area contributed by atoms with Gasteiger partial charge in [-0.1, -0.05) is 6.07 Å².